The summed E-state index contributed by atoms with van der Waals surface area (Å²) in [6, 6.07) is 5.66. The van der Waals surface area contributed by atoms with Crippen molar-refractivity contribution < 1.29 is 23.9 Å². The third-order valence-corrected chi connectivity index (χ3v) is 5.94. The molecular weight excluding hydrogens is 400 g/mol. The number of carbonyl (C=O) groups excluding carboxylic acids is 4. The molecule has 2 aliphatic rings. The van der Waals surface area contributed by atoms with E-state index >= 15 is 0 Å². The molecule has 9 heteroatoms. The number of nitrogens with one attached hydrogen (secondary N) is 4. The first-order valence-electron chi connectivity index (χ1n) is 10.5. The summed E-state index contributed by atoms with van der Waals surface area (Å²) < 4.78 is 5.33. The van der Waals surface area contributed by atoms with Crippen LogP contribution in [0.15, 0.2) is 24.3 Å². The quantitative estimate of drug-likeness (QED) is 0.443. The van der Waals surface area contributed by atoms with E-state index in [-0.39, 0.29) is 24.2 Å². The molecule has 2 heterocycles. The maximum Gasteiger partial charge on any atom is 0.268 e. The maximum atomic E-state index is 12.9. The van der Waals surface area contributed by atoms with Gasteiger partial charge in [0.15, 0.2) is 0 Å². The number of H-pyrrole nitrogens is 1. The van der Waals surface area contributed by atoms with Crippen molar-refractivity contribution in [3.8, 4) is 5.75 Å². The minimum Gasteiger partial charge on any atom is -0.496 e. The van der Waals surface area contributed by atoms with Crippen LogP contribution < -0.4 is 20.7 Å². The van der Waals surface area contributed by atoms with Crippen molar-refractivity contribution in [2.24, 2.45) is 11.8 Å². The predicted octanol–water partition coefficient (Wildman–Crippen LogP) is 0.895. The van der Waals surface area contributed by atoms with Crippen LogP contribution in [0.1, 0.15) is 36.2 Å². The molecule has 1 aromatic heterocycles. The second-order valence-electron chi connectivity index (χ2n) is 8.16. The van der Waals surface area contributed by atoms with Crippen LogP contribution >= 0.6 is 0 Å². The molecular formula is C22H26N4O5. The normalized spacial score (nSPS) is 20.0. The summed E-state index contributed by atoms with van der Waals surface area (Å²) in [5.41, 5.74) is 1.08. The van der Waals surface area contributed by atoms with Gasteiger partial charge in [0.1, 0.15) is 23.8 Å². The maximum absolute atomic E-state index is 12.9. The van der Waals surface area contributed by atoms with Crippen LogP contribution in [0.25, 0.3) is 10.9 Å². The van der Waals surface area contributed by atoms with Gasteiger partial charge in [-0.25, -0.2) is 0 Å². The van der Waals surface area contributed by atoms with E-state index in [9.17, 15) is 19.2 Å². The highest BCUT2D eigenvalue weighted by atomic mass is 16.5. The Kier molecular flexibility index (Phi) is 5.92. The van der Waals surface area contributed by atoms with Crippen LogP contribution in [-0.2, 0) is 14.4 Å². The Hall–Kier alpha value is -3.36. The van der Waals surface area contributed by atoms with Crippen molar-refractivity contribution in [1.29, 1.82) is 0 Å². The summed E-state index contributed by atoms with van der Waals surface area (Å²) in [6.45, 7) is 0.582. The number of hydrogen-bond acceptors (Lipinski definition) is 5. The number of benzene rings is 1. The van der Waals surface area contributed by atoms with Gasteiger partial charge in [-0.1, -0.05) is 6.07 Å². The molecule has 1 saturated heterocycles. The van der Waals surface area contributed by atoms with Gasteiger partial charge in [-0.2, -0.15) is 0 Å². The van der Waals surface area contributed by atoms with Gasteiger partial charge in [0.05, 0.1) is 13.2 Å². The van der Waals surface area contributed by atoms with Gasteiger partial charge >= 0.3 is 0 Å². The number of amides is 3. The van der Waals surface area contributed by atoms with Crippen LogP contribution in [-0.4, -0.2) is 54.7 Å². The molecule has 0 radical (unpaired) electrons. The highest BCUT2D eigenvalue weighted by molar-refractivity contribution is 6.01. The van der Waals surface area contributed by atoms with E-state index in [1.807, 2.05) is 18.2 Å². The summed E-state index contributed by atoms with van der Waals surface area (Å²) in [7, 11) is 1.56. The third kappa shape index (κ3) is 4.55. The van der Waals surface area contributed by atoms with E-state index in [1.54, 1.807) is 13.2 Å². The van der Waals surface area contributed by atoms with Gasteiger partial charge in [0.25, 0.3) is 5.91 Å². The number of methoxy groups -OCH3 is 1. The molecule has 1 aliphatic carbocycles. The zero-order valence-electron chi connectivity index (χ0n) is 17.3. The summed E-state index contributed by atoms with van der Waals surface area (Å²) in [4.78, 5) is 52.1. The van der Waals surface area contributed by atoms with Gasteiger partial charge < -0.3 is 30.5 Å². The molecule has 1 aliphatic heterocycles. The molecule has 0 bridgehead atoms. The molecule has 1 saturated carbocycles. The molecule has 9 nitrogen and oxygen atoms in total. The highest BCUT2D eigenvalue weighted by Crippen LogP contribution is 2.33. The Bertz CT molecular complexity index is 1010. The number of rotatable bonds is 9. The van der Waals surface area contributed by atoms with E-state index in [0.717, 1.165) is 23.7 Å². The van der Waals surface area contributed by atoms with Crippen molar-refractivity contribution >= 4 is 34.9 Å². The number of ether oxygens (including phenoxy) is 1. The minimum atomic E-state index is -0.767. The number of hydrogen-bond donors (Lipinski definition) is 4. The highest BCUT2D eigenvalue weighted by Gasteiger charge is 2.39. The van der Waals surface area contributed by atoms with E-state index < -0.39 is 23.9 Å². The van der Waals surface area contributed by atoms with E-state index in [0.29, 0.717) is 30.7 Å². The van der Waals surface area contributed by atoms with Crippen molar-refractivity contribution in [1.82, 2.24) is 20.9 Å². The molecule has 1 aromatic carbocycles. The van der Waals surface area contributed by atoms with Gasteiger partial charge in [0.2, 0.25) is 11.8 Å². The number of aromatic nitrogens is 1. The number of carbonyl (C=O) groups is 4. The van der Waals surface area contributed by atoms with E-state index in [4.69, 9.17) is 4.74 Å². The number of aromatic amines is 1. The Morgan fingerprint density at radius 1 is 1.26 bits per heavy atom. The lowest BCUT2D eigenvalue weighted by atomic mass is 9.98. The molecule has 164 valence electrons. The first-order chi connectivity index (χ1) is 15.0. The average Bonchev–Trinajstić information content (AvgIpc) is 3.38. The summed E-state index contributed by atoms with van der Waals surface area (Å²) >= 11 is 0. The third-order valence-electron chi connectivity index (χ3n) is 5.94. The van der Waals surface area contributed by atoms with Crippen LogP contribution in [0.5, 0.6) is 5.75 Å². The van der Waals surface area contributed by atoms with E-state index in [1.165, 1.54) is 0 Å². The van der Waals surface area contributed by atoms with Gasteiger partial charge in [-0.05, 0) is 49.8 Å². The summed E-state index contributed by atoms with van der Waals surface area (Å²) in [5.74, 6) is -0.504. The van der Waals surface area contributed by atoms with Gasteiger partial charge in [0, 0.05) is 23.4 Å². The second kappa shape index (κ2) is 8.79. The van der Waals surface area contributed by atoms with Gasteiger partial charge in [-0.15, -0.1) is 0 Å². The fourth-order valence-electron chi connectivity index (χ4n) is 4.07. The van der Waals surface area contributed by atoms with Crippen LogP contribution in [0.3, 0.4) is 0 Å². The molecule has 2 fully saturated rings. The molecule has 31 heavy (non-hydrogen) atoms. The standard InChI is InChI=1S/C22H26N4O5/c1-31-18-4-2-3-16-15(18)10-17(25-16)21(29)26-19(12-5-6-12)22(30)24-14(11-27)9-13-7-8-23-20(13)28/h2-4,10-14,19,25H,5-9H2,1H3,(H,23,28)(H,24,30)(H,26,29)/t13-,14-,19-/m0/s1. The average molecular weight is 426 g/mol. The predicted molar refractivity (Wildman–Crippen MR) is 113 cm³/mol. The molecule has 0 spiro atoms. The Morgan fingerprint density at radius 3 is 2.71 bits per heavy atom. The second-order valence-corrected chi connectivity index (χ2v) is 8.16. The van der Waals surface area contributed by atoms with Crippen molar-refractivity contribution in [3.05, 3.63) is 30.0 Å². The molecule has 4 rings (SSSR count). The fraction of sp³-hybridized carbons (Fsp3) is 0.455. The summed E-state index contributed by atoms with van der Waals surface area (Å²) in [5, 5.41) is 9.02. The smallest absolute Gasteiger partial charge is 0.268 e. The zero-order chi connectivity index (χ0) is 22.0. The minimum absolute atomic E-state index is 0.0324. The monoisotopic (exact) mass is 426 g/mol. The molecule has 3 atom stereocenters. The van der Waals surface area contributed by atoms with Crippen LogP contribution in [0.2, 0.25) is 0 Å². The van der Waals surface area contributed by atoms with Gasteiger partial charge in [-0.3, -0.25) is 14.4 Å². The van der Waals surface area contributed by atoms with Crippen LogP contribution in [0.4, 0.5) is 0 Å². The zero-order valence-corrected chi connectivity index (χ0v) is 17.3. The summed E-state index contributed by atoms with van der Waals surface area (Å²) in [6.07, 6.45) is 3.21. The lowest BCUT2D eigenvalue weighted by Gasteiger charge is -2.21. The lowest BCUT2D eigenvalue weighted by molar-refractivity contribution is -0.127. The van der Waals surface area contributed by atoms with Crippen molar-refractivity contribution in [3.63, 3.8) is 0 Å². The fourth-order valence-corrected chi connectivity index (χ4v) is 4.07. The van der Waals surface area contributed by atoms with Crippen molar-refractivity contribution in [2.75, 3.05) is 13.7 Å². The SMILES string of the molecule is COc1cccc2[nH]c(C(=O)N[C@H](C(=O)N[C@H](C=O)C[C@@H]3CCNC3=O)C3CC3)cc12. The van der Waals surface area contributed by atoms with E-state index in [2.05, 4.69) is 20.9 Å². The Labute approximate surface area is 179 Å². The first-order valence-corrected chi connectivity index (χ1v) is 10.5. The Morgan fingerprint density at radius 2 is 2.06 bits per heavy atom. The molecule has 2 aromatic rings. The lowest BCUT2D eigenvalue weighted by Crippen LogP contribution is -2.51. The Balaban J connectivity index is 1.43. The topological polar surface area (TPSA) is 129 Å². The number of aldehydes is 1. The van der Waals surface area contributed by atoms with Crippen molar-refractivity contribution in [2.45, 2.75) is 37.8 Å². The first kappa shape index (κ1) is 20.9. The molecule has 3 amide bonds. The van der Waals surface area contributed by atoms with Crippen LogP contribution in [0, 0.1) is 11.8 Å². The molecule has 4 N–H and O–H groups in total. The number of fused-ring (bicyclic) bond motifs is 1. The molecule has 0 unspecified atom stereocenters. The largest absolute Gasteiger partial charge is 0.496 e.